The van der Waals surface area contributed by atoms with Crippen LogP contribution in [0.25, 0.3) is 0 Å². The van der Waals surface area contributed by atoms with E-state index in [0.29, 0.717) is 23.8 Å². The van der Waals surface area contributed by atoms with Gasteiger partial charge in [-0.05, 0) is 80.3 Å². The van der Waals surface area contributed by atoms with Crippen molar-refractivity contribution in [3.05, 3.63) is 100 Å². The summed E-state index contributed by atoms with van der Waals surface area (Å²) in [5, 5.41) is 16.4. The van der Waals surface area contributed by atoms with Crippen molar-refractivity contribution in [3.63, 3.8) is 0 Å². The Morgan fingerprint density at radius 2 is 1.95 bits per heavy atom. The Labute approximate surface area is 253 Å². The lowest BCUT2D eigenvalue weighted by Crippen LogP contribution is -2.44. The molecule has 1 amide bonds. The van der Waals surface area contributed by atoms with Crippen LogP contribution in [-0.4, -0.2) is 59.8 Å². The number of rotatable bonds is 7. The monoisotopic (exact) mass is 606 g/mol. The summed E-state index contributed by atoms with van der Waals surface area (Å²) in [6.07, 6.45) is 3.61. The number of aromatic hydroxyl groups is 1. The van der Waals surface area contributed by atoms with Crippen molar-refractivity contribution in [2.24, 2.45) is 4.99 Å². The molecule has 2 heterocycles. The van der Waals surface area contributed by atoms with Crippen LogP contribution in [0.4, 0.5) is 18.9 Å². The normalized spacial score (nSPS) is 17.8. The Morgan fingerprint density at radius 1 is 1.18 bits per heavy atom. The van der Waals surface area contributed by atoms with Crippen LogP contribution >= 0.6 is 0 Å². The van der Waals surface area contributed by atoms with Gasteiger partial charge in [-0.2, -0.15) is 13.2 Å². The van der Waals surface area contributed by atoms with Gasteiger partial charge in [0.15, 0.2) is 5.78 Å². The summed E-state index contributed by atoms with van der Waals surface area (Å²) in [5.41, 5.74) is 0.662. The summed E-state index contributed by atoms with van der Waals surface area (Å²) in [7, 11) is 0. The van der Waals surface area contributed by atoms with Crippen LogP contribution in [0, 0.1) is 0 Å². The molecule has 8 nitrogen and oxygen atoms in total. The van der Waals surface area contributed by atoms with Gasteiger partial charge in [0.2, 0.25) is 0 Å². The standard InChI is InChI=1S/C33H33F3N4O4/c1-3-40-16-14-23(15-17-40)38-32(43)22-12-13-25(26(41)18-22)39-29-9-5-7-27(24(19-37-29)33(34,35)36)44-28-8-4-6-21-11-10-20(2)31(42)30(21)28/h4-10,12-13,18-19,23,41H,3,11,14-17H2,1-2H3,(H,37,39)(H,38,43). The largest absolute Gasteiger partial charge is 0.506 e. The molecule has 230 valence electrons. The van der Waals surface area contributed by atoms with Gasteiger partial charge in [-0.1, -0.05) is 31.2 Å². The highest BCUT2D eigenvalue weighted by atomic mass is 19.4. The first kappa shape index (κ1) is 30.8. The zero-order valence-corrected chi connectivity index (χ0v) is 24.4. The summed E-state index contributed by atoms with van der Waals surface area (Å²) >= 11 is 0. The molecule has 1 aliphatic carbocycles. The topological polar surface area (TPSA) is 103 Å². The number of carbonyl (C=O) groups is 2. The number of ketones is 1. The molecule has 2 aromatic carbocycles. The number of aliphatic imine (C=N–C) groups is 1. The molecule has 11 heteroatoms. The van der Waals surface area contributed by atoms with Crippen molar-refractivity contribution in [2.75, 3.05) is 25.0 Å². The van der Waals surface area contributed by atoms with Gasteiger partial charge in [-0.15, -0.1) is 0 Å². The van der Waals surface area contributed by atoms with Crippen LogP contribution in [0.15, 0.2) is 88.4 Å². The van der Waals surface area contributed by atoms with E-state index in [4.69, 9.17) is 4.74 Å². The highest BCUT2D eigenvalue weighted by Crippen LogP contribution is 2.35. The maximum atomic E-state index is 14.2. The van der Waals surface area contributed by atoms with Gasteiger partial charge in [0, 0.05) is 30.9 Å². The number of amides is 1. The number of piperidine rings is 1. The molecule has 0 saturated carbocycles. The van der Waals surface area contributed by atoms with Crippen LogP contribution in [0.5, 0.6) is 11.5 Å². The Morgan fingerprint density at radius 3 is 2.66 bits per heavy atom. The summed E-state index contributed by atoms with van der Waals surface area (Å²) in [6.45, 7) is 6.54. The number of allylic oxidation sites excluding steroid dienone is 6. The van der Waals surface area contributed by atoms with Gasteiger partial charge in [0.25, 0.3) is 5.91 Å². The lowest BCUT2D eigenvalue weighted by Gasteiger charge is -2.31. The summed E-state index contributed by atoms with van der Waals surface area (Å²) in [4.78, 5) is 31.8. The van der Waals surface area contributed by atoms with Crippen molar-refractivity contribution in [1.82, 2.24) is 10.2 Å². The number of alkyl halides is 3. The van der Waals surface area contributed by atoms with E-state index < -0.39 is 17.5 Å². The van der Waals surface area contributed by atoms with Gasteiger partial charge in [-0.25, -0.2) is 4.99 Å². The number of Topliss-reactive ketones (excluding diaryl/α,β-unsaturated/α-hetero) is 1. The first-order valence-corrected chi connectivity index (χ1v) is 14.4. The number of halogens is 3. The average Bonchev–Trinajstić information content (AvgIpc) is 2.98. The third-order valence-corrected chi connectivity index (χ3v) is 7.84. The molecule has 44 heavy (non-hydrogen) atoms. The number of likely N-dealkylation sites (tertiary alicyclic amines) is 1. The van der Waals surface area contributed by atoms with Crippen molar-refractivity contribution in [3.8, 4) is 11.5 Å². The number of carbonyl (C=O) groups excluding carboxylic acids is 2. The third-order valence-electron chi connectivity index (χ3n) is 7.84. The van der Waals surface area contributed by atoms with Gasteiger partial charge in [-0.3, -0.25) is 9.59 Å². The van der Waals surface area contributed by atoms with E-state index in [2.05, 4.69) is 27.4 Å². The molecule has 3 N–H and O–H groups in total. The van der Waals surface area contributed by atoms with E-state index in [0.717, 1.165) is 38.6 Å². The molecule has 2 aromatic rings. The Kier molecular flexibility index (Phi) is 9.05. The van der Waals surface area contributed by atoms with Gasteiger partial charge in [0.1, 0.15) is 28.7 Å². The fraction of sp³-hybridized carbons (Fsp3) is 0.303. The number of ether oxygens (including phenoxy) is 1. The van der Waals surface area contributed by atoms with E-state index in [1.54, 1.807) is 25.1 Å². The van der Waals surface area contributed by atoms with Crippen molar-refractivity contribution >= 4 is 23.6 Å². The fourth-order valence-corrected chi connectivity index (χ4v) is 5.27. The molecular weight excluding hydrogens is 573 g/mol. The zero-order valence-electron chi connectivity index (χ0n) is 24.4. The maximum Gasteiger partial charge on any atom is 0.421 e. The highest BCUT2D eigenvalue weighted by molar-refractivity contribution is 6.12. The molecule has 0 atom stereocenters. The minimum Gasteiger partial charge on any atom is -0.506 e. The molecule has 1 fully saturated rings. The molecule has 2 aliphatic heterocycles. The van der Waals surface area contributed by atoms with E-state index in [1.807, 2.05) is 0 Å². The Balaban J connectivity index is 1.31. The smallest absolute Gasteiger partial charge is 0.421 e. The minimum absolute atomic E-state index is 0.00488. The van der Waals surface area contributed by atoms with Crippen molar-refractivity contribution in [2.45, 2.75) is 45.3 Å². The van der Waals surface area contributed by atoms with Gasteiger partial charge >= 0.3 is 6.18 Å². The van der Waals surface area contributed by atoms with E-state index in [9.17, 15) is 27.9 Å². The first-order valence-electron chi connectivity index (χ1n) is 14.4. The highest BCUT2D eigenvalue weighted by Gasteiger charge is 2.37. The number of benzene rings is 2. The lowest BCUT2D eigenvalue weighted by atomic mass is 9.90. The lowest BCUT2D eigenvalue weighted by molar-refractivity contribution is -0.0875. The predicted octanol–water partition coefficient (Wildman–Crippen LogP) is 6.08. The second-order valence-electron chi connectivity index (χ2n) is 10.8. The molecular formula is C33H33F3N4O4. The Hall–Kier alpha value is -4.64. The molecule has 0 bridgehead atoms. The summed E-state index contributed by atoms with van der Waals surface area (Å²) in [6, 6.07) is 9.16. The maximum absolute atomic E-state index is 14.2. The average molecular weight is 607 g/mol. The number of hydrogen-bond donors (Lipinski definition) is 3. The molecule has 0 spiro atoms. The number of nitrogens with zero attached hydrogens (tertiary/aromatic N) is 2. The molecule has 3 aliphatic rings. The molecule has 0 radical (unpaired) electrons. The van der Waals surface area contributed by atoms with Gasteiger partial charge < -0.3 is 25.4 Å². The quantitative estimate of drug-likeness (QED) is 0.330. The SMILES string of the molecule is CCN1CCC(NC(=O)c2ccc(NC3=CC=CC(Oc4cccc5c4C(=O)C(C)=CC5)=C(C(F)(F)F)C=N3)c(O)c2)CC1. The van der Waals surface area contributed by atoms with Crippen LogP contribution in [0.2, 0.25) is 0 Å². The summed E-state index contributed by atoms with van der Waals surface area (Å²) < 4.78 is 48.2. The number of anilines is 1. The van der Waals surface area contributed by atoms with E-state index in [-0.39, 0.29) is 51.9 Å². The second kappa shape index (κ2) is 12.9. The molecule has 0 unspecified atom stereocenters. The van der Waals surface area contributed by atoms with Crippen molar-refractivity contribution < 1.29 is 32.6 Å². The number of nitrogens with one attached hydrogen (secondary N) is 2. The van der Waals surface area contributed by atoms with Gasteiger partial charge in [0.05, 0.1) is 11.3 Å². The van der Waals surface area contributed by atoms with Crippen LogP contribution in [0.3, 0.4) is 0 Å². The Bertz CT molecular complexity index is 1610. The number of fused-ring (bicyclic) bond motifs is 1. The summed E-state index contributed by atoms with van der Waals surface area (Å²) in [5.74, 6) is -1.37. The van der Waals surface area contributed by atoms with Crippen LogP contribution < -0.4 is 15.4 Å². The van der Waals surface area contributed by atoms with Crippen LogP contribution in [0.1, 0.15) is 53.0 Å². The first-order chi connectivity index (χ1) is 21.0. The molecule has 0 aromatic heterocycles. The fourth-order valence-electron chi connectivity index (χ4n) is 5.27. The van der Waals surface area contributed by atoms with Crippen LogP contribution in [-0.2, 0) is 6.42 Å². The number of phenols is 1. The van der Waals surface area contributed by atoms with E-state index >= 15 is 0 Å². The number of phenolic OH excluding ortho intramolecular Hbond substituents is 1. The molecule has 1 saturated heterocycles. The second-order valence-corrected chi connectivity index (χ2v) is 10.8. The molecule has 5 rings (SSSR count). The van der Waals surface area contributed by atoms with Crippen molar-refractivity contribution in [1.29, 1.82) is 0 Å². The third kappa shape index (κ3) is 6.94. The minimum atomic E-state index is -4.83. The zero-order chi connectivity index (χ0) is 31.4. The van der Waals surface area contributed by atoms with E-state index in [1.165, 1.54) is 36.4 Å². The number of hydrogen-bond acceptors (Lipinski definition) is 7. The predicted molar refractivity (Wildman–Crippen MR) is 162 cm³/mol.